The van der Waals surface area contributed by atoms with Crippen LogP contribution in [0.15, 0.2) is 18.2 Å². The van der Waals surface area contributed by atoms with E-state index in [4.69, 9.17) is 15.2 Å². The van der Waals surface area contributed by atoms with Crippen molar-refractivity contribution in [1.29, 1.82) is 0 Å². The predicted octanol–water partition coefficient (Wildman–Crippen LogP) is 1.94. The maximum absolute atomic E-state index is 5.78. The van der Waals surface area contributed by atoms with E-state index in [1.165, 1.54) is 16.7 Å². The smallest absolute Gasteiger partial charge is 0.173 e. The molecule has 0 aromatic heterocycles. The van der Waals surface area contributed by atoms with E-state index in [0.717, 1.165) is 12.8 Å². The van der Waals surface area contributed by atoms with E-state index in [-0.39, 0.29) is 0 Å². The minimum absolute atomic E-state index is 0.493. The van der Waals surface area contributed by atoms with E-state index in [0.29, 0.717) is 19.8 Å². The third-order valence-electron chi connectivity index (χ3n) is 3.30. The molecule has 1 aliphatic heterocycles. The SMILES string of the molecule is Cc1ccc(C)c(CC2(CCN)OCCO2)c1. The Bertz CT molecular complexity index is 384. The van der Waals surface area contributed by atoms with Gasteiger partial charge in [-0.1, -0.05) is 23.8 Å². The zero-order chi connectivity index (χ0) is 12.3. The lowest BCUT2D eigenvalue weighted by atomic mass is 9.96. The summed E-state index contributed by atoms with van der Waals surface area (Å²) in [5.74, 6) is -0.493. The van der Waals surface area contributed by atoms with Crippen LogP contribution >= 0.6 is 0 Å². The number of hydrogen-bond acceptors (Lipinski definition) is 3. The molecular weight excluding hydrogens is 214 g/mol. The van der Waals surface area contributed by atoms with E-state index in [2.05, 4.69) is 32.0 Å². The molecule has 1 aromatic carbocycles. The maximum atomic E-state index is 5.78. The van der Waals surface area contributed by atoms with Crippen molar-refractivity contribution in [3.8, 4) is 0 Å². The molecule has 94 valence electrons. The number of rotatable bonds is 4. The van der Waals surface area contributed by atoms with Gasteiger partial charge in [0, 0.05) is 12.8 Å². The van der Waals surface area contributed by atoms with Crippen LogP contribution < -0.4 is 5.73 Å². The summed E-state index contributed by atoms with van der Waals surface area (Å²) in [6, 6.07) is 6.49. The summed E-state index contributed by atoms with van der Waals surface area (Å²) in [7, 11) is 0. The average Bonchev–Trinajstić information content (AvgIpc) is 2.73. The lowest BCUT2D eigenvalue weighted by Crippen LogP contribution is -2.35. The third kappa shape index (κ3) is 2.86. The summed E-state index contributed by atoms with van der Waals surface area (Å²) < 4.78 is 11.6. The molecule has 0 atom stereocenters. The average molecular weight is 235 g/mol. The van der Waals surface area contributed by atoms with Crippen LogP contribution in [0.5, 0.6) is 0 Å². The Morgan fingerprint density at radius 1 is 1.24 bits per heavy atom. The van der Waals surface area contributed by atoms with Crippen LogP contribution in [0.25, 0.3) is 0 Å². The summed E-state index contributed by atoms with van der Waals surface area (Å²) in [4.78, 5) is 0. The summed E-state index contributed by atoms with van der Waals surface area (Å²) >= 11 is 0. The fourth-order valence-electron chi connectivity index (χ4n) is 2.33. The topological polar surface area (TPSA) is 44.5 Å². The highest BCUT2D eigenvalue weighted by molar-refractivity contribution is 5.31. The van der Waals surface area contributed by atoms with Gasteiger partial charge in [0.25, 0.3) is 0 Å². The molecule has 2 rings (SSSR count). The molecule has 1 aliphatic rings. The van der Waals surface area contributed by atoms with Crippen molar-refractivity contribution in [1.82, 2.24) is 0 Å². The van der Waals surface area contributed by atoms with Crippen molar-refractivity contribution >= 4 is 0 Å². The first kappa shape index (κ1) is 12.6. The molecule has 0 bridgehead atoms. The molecule has 1 saturated heterocycles. The van der Waals surface area contributed by atoms with Gasteiger partial charge in [0.1, 0.15) is 0 Å². The highest BCUT2D eigenvalue weighted by Crippen LogP contribution is 2.29. The van der Waals surface area contributed by atoms with Crippen molar-refractivity contribution in [3.63, 3.8) is 0 Å². The lowest BCUT2D eigenvalue weighted by molar-refractivity contribution is -0.159. The van der Waals surface area contributed by atoms with E-state index in [1.807, 2.05) is 0 Å². The van der Waals surface area contributed by atoms with Crippen molar-refractivity contribution < 1.29 is 9.47 Å². The highest BCUT2D eigenvalue weighted by Gasteiger charge is 2.36. The standard InChI is InChI=1S/C14H21NO2/c1-11-3-4-12(2)13(9-11)10-14(5-6-15)16-7-8-17-14/h3-4,9H,5-8,10,15H2,1-2H3. The van der Waals surface area contributed by atoms with E-state index in [9.17, 15) is 0 Å². The van der Waals surface area contributed by atoms with Gasteiger partial charge < -0.3 is 15.2 Å². The van der Waals surface area contributed by atoms with E-state index >= 15 is 0 Å². The van der Waals surface area contributed by atoms with Gasteiger partial charge in [-0.2, -0.15) is 0 Å². The Balaban J connectivity index is 2.19. The van der Waals surface area contributed by atoms with E-state index < -0.39 is 5.79 Å². The van der Waals surface area contributed by atoms with Crippen molar-refractivity contribution in [2.45, 2.75) is 32.5 Å². The Hall–Kier alpha value is -0.900. The zero-order valence-corrected chi connectivity index (χ0v) is 10.7. The van der Waals surface area contributed by atoms with Gasteiger partial charge in [0.05, 0.1) is 13.2 Å². The molecule has 1 aromatic rings. The second-order valence-electron chi connectivity index (χ2n) is 4.75. The zero-order valence-electron chi connectivity index (χ0n) is 10.7. The first-order chi connectivity index (χ1) is 8.15. The van der Waals surface area contributed by atoms with E-state index in [1.54, 1.807) is 0 Å². The molecule has 0 unspecified atom stereocenters. The molecule has 3 heteroatoms. The fourth-order valence-corrected chi connectivity index (χ4v) is 2.33. The summed E-state index contributed by atoms with van der Waals surface area (Å²) in [5.41, 5.74) is 9.50. The second kappa shape index (κ2) is 5.17. The van der Waals surface area contributed by atoms with Gasteiger partial charge >= 0.3 is 0 Å². The first-order valence-corrected chi connectivity index (χ1v) is 6.19. The summed E-state index contributed by atoms with van der Waals surface area (Å²) in [6.07, 6.45) is 1.54. The monoisotopic (exact) mass is 235 g/mol. The van der Waals surface area contributed by atoms with Crippen LogP contribution in [0.1, 0.15) is 23.1 Å². The maximum Gasteiger partial charge on any atom is 0.173 e. The normalized spacial score (nSPS) is 18.5. The Labute approximate surface area is 103 Å². The lowest BCUT2D eigenvalue weighted by Gasteiger charge is -2.27. The van der Waals surface area contributed by atoms with Gasteiger partial charge in [0.15, 0.2) is 5.79 Å². The highest BCUT2D eigenvalue weighted by atomic mass is 16.7. The number of benzene rings is 1. The van der Waals surface area contributed by atoms with Gasteiger partial charge in [-0.3, -0.25) is 0 Å². The van der Waals surface area contributed by atoms with Crippen LogP contribution in [-0.4, -0.2) is 25.5 Å². The minimum Gasteiger partial charge on any atom is -0.347 e. The molecule has 0 amide bonds. The van der Waals surface area contributed by atoms with Crippen molar-refractivity contribution in [2.75, 3.05) is 19.8 Å². The number of ether oxygens (including phenoxy) is 2. The second-order valence-corrected chi connectivity index (χ2v) is 4.75. The quantitative estimate of drug-likeness (QED) is 0.867. The Kier molecular flexibility index (Phi) is 3.82. The Morgan fingerprint density at radius 2 is 1.94 bits per heavy atom. The van der Waals surface area contributed by atoms with Crippen LogP contribution in [-0.2, 0) is 15.9 Å². The molecule has 17 heavy (non-hydrogen) atoms. The summed E-state index contributed by atoms with van der Waals surface area (Å²) in [6.45, 7) is 6.16. The number of hydrogen-bond donors (Lipinski definition) is 1. The van der Waals surface area contributed by atoms with Crippen molar-refractivity contribution in [2.24, 2.45) is 5.73 Å². The van der Waals surface area contributed by atoms with Crippen LogP contribution in [0.2, 0.25) is 0 Å². The molecular formula is C14H21NO2. The third-order valence-corrected chi connectivity index (χ3v) is 3.30. The molecule has 1 fully saturated rings. The van der Waals surface area contributed by atoms with Gasteiger partial charge in [-0.15, -0.1) is 0 Å². The van der Waals surface area contributed by atoms with Crippen LogP contribution in [0.4, 0.5) is 0 Å². The van der Waals surface area contributed by atoms with Crippen LogP contribution in [0.3, 0.4) is 0 Å². The number of aryl methyl sites for hydroxylation is 2. The van der Waals surface area contributed by atoms with Crippen molar-refractivity contribution in [3.05, 3.63) is 34.9 Å². The Morgan fingerprint density at radius 3 is 2.59 bits per heavy atom. The molecule has 3 nitrogen and oxygen atoms in total. The predicted molar refractivity (Wildman–Crippen MR) is 67.9 cm³/mol. The number of nitrogens with two attached hydrogens (primary N) is 1. The molecule has 0 aliphatic carbocycles. The van der Waals surface area contributed by atoms with Crippen LogP contribution in [0, 0.1) is 13.8 Å². The molecule has 0 spiro atoms. The first-order valence-electron chi connectivity index (χ1n) is 6.19. The molecule has 2 N–H and O–H groups in total. The molecule has 1 heterocycles. The molecule has 0 saturated carbocycles. The van der Waals surface area contributed by atoms with Gasteiger partial charge in [0.2, 0.25) is 0 Å². The summed E-state index contributed by atoms with van der Waals surface area (Å²) in [5, 5.41) is 0. The van der Waals surface area contributed by atoms with Gasteiger partial charge in [-0.05, 0) is 31.5 Å². The van der Waals surface area contributed by atoms with Gasteiger partial charge in [-0.25, -0.2) is 0 Å². The minimum atomic E-state index is -0.493. The largest absolute Gasteiger partial charge is 0.347 e. The molecule has 0 radical (unpaired) electrons. The fraction of sp³-hybridized carbons (Fsp3) is 0.571.